The number of carbonyl (C=O) groups excluding carboxylic acids is 2. The molecule has 1 aliphatic rings. The van der Waals surface area contributed by atoms with Crippen molar-refractivity contribution in [2.45, 2.75) is 51.2 Å². The summed E-state index contributed by atoms with van der Waals surface area (Å²) in [6, 6.07) is 10.5. The summed E-state index contributed by atoms with van der Waals surface area (Å²) in [5.41, 5.74) is 0.833. The summed E-state index contributed by atoms with van der Waals surface area (Å²) in [4.78, 5) is 28.0. The Labute approximate surface area is 221 Å². The van der Waals surface area contributed by atoms with Gasteiger partial charge >= 0.3 is 0 Å². The van der Waals surface area contributed by atoms with Gasteiger partial charge in [-0.15, -0.1) is 0 Å². The monoisotopic (exact) mass is 559 g/mol. The van der Waals surface area contributed by atoms with Gasteiger partial charge in [0.1, 0.15) is 12.6 Å². The van der Waals surface area contributed by atoms with E-state index in [4.69, 9.17) is 34.8 Å². The molecule has 1 atom stereocenters. The van der Waals surface area contributed by atoms with Crippen molar-refractivity contribution in [3.63, 3.8) is 0 Å². The average Bonchev–Trinajstić information content (AvgIpc) is 3.30. The van der Waals surface area contributed by atoms with E-state index in [2.05, 4.69) is 5.32 Å². The fourth-order valence-corrected chi connectivity index (χ4v) is 5.53. The molecule has 1 fully saturated rings. The third-order valence-corrected chi connectivity index (χ3v) is 8.19. The fraction of sp³-hybridized carbons (Fsp3) is 0.417. The van der Waals surface area contributed by atoms with Gasteiger partial charge in [-0.1, -0.05) is 65.8 Å². The Bertz CT molecular complexity index is 1190. The molecule has 11 heteroatoms. The summed E-state index contributed by atoms with van der Waals surface area (Å²) in [7, 11) is -3.86. The van der Waals surface area contributed by atoms with Crippen LogP contribution in [0.1, 0.15) is 38.2 Å². The van der Waals surface area contributed by atoms with Gasteiger partial charge in [-0.05, 0) is 49.6 Å². The second-order valence-corrected chi connectivity index (χ2v) is 11.8. The lowest BCUT2D eigenvalue weighted by molar-refractivity contribution is -0.139. The van der Waals surface area contributed by atoms with Crippen molar-refractivity contribution >= 4 is 62.3 Å². The van der Waals surface area contributed by atoms with Gasteiger partial charge in [0.2, 0.25) is 21.8 Å². The van der Waals surface area contributed by atoms with Crippen LogP contribution in [-0.2, 0) is 26.2 Å². The number of nitrogens with zero attached hydrogens (tertiary/aromatic N) is 2. The molecule has 0 aliphatic heterocycles. The molecule has 3 rings (SSSR count). The summed E-state index contributed by atoms with van der Waals surface area (Å²) < 4.78 is 26.1. The number of benzene rings is 2. The number of amides is 2. The fourth-order valence-electron chi connectivity index (χ4n) is 4.06. The third-order valence-electron chi connectivity index (χ3n) is 6.01. The largest absolute Gasteiger partial charge is 0.352 e. The summed E-state index contributed by atoms with van der Waals surface area (Å²) >= 11 is 18.4. The van der Waals surface area contributed by atoms with Crippen molar-refractivity contribution < 1.29 is 18.0 Å². The van der Waals surface area contributed by atoms with Crippen molar-refractivity contribution in [1.82, 2.24) is 10.2 Å². The highest BCUT2D eigenvalue weighted by atomic mass is 35.5. The highest BCUT2D eigenvalue weighted by molar-refractivity contribution is 7.92. The molecule has 1 saturated carbocycles. The van der Waals surface area contributed by atoms with Gasteiger partial charge in [-0.3, -0.25) is 13.9 Å². The Hall–Kier alpha value is -2.00. The zero-order valence-corrected chi connectivity index (χ0v) is 22.6. The summed E-state index contributed by atoms with van der Waals surface area (Å²) in [5.74, 6) is -0.857. The first kappa shape index (κ1) is 27.6. The second kappa shape index (κ2) is 11.8. The van der Waals surface area contributed by atoms with E-state index < -0.39 is 28.5 Å². The number of hydrogen-bond acceptors (Lipinski definition) is 4. The van der Waals surface area contributed by atoms with Gasteiger partial charge in [0.05, 0.1) is 27.0 Å². The molecule has 1 aliphatic carbocycles. The van der Waals surface area contributed by atoms with Crippen LogP contribution in [0.4, 0.5) is 5.69 Å². The SMILES string of the molecule is CC(C(=O)NC1CCCC1)N(Cc1ccc(Cl)c(Cl)c1)C(=O)CN(c1ccccc1Cl)S(C)(=O)=O. The number of nitrogens with one attached hydrogen (secondary N) is 1. The third kappa shape index (κ3) is 7.26. The van der Waals surface area contributed by atoms with Crippen molar-refractivity contribution in [3.8, 4) is 0 Å². The van der Waals surface area contributed by atoms with Crippen LogP contribution < -0.4 is 9.62 Å². The van der Waals surface area contributed by atoms with Gasteiger partial charge in [0, 0.05) is 12.6 Å². The Balaban J connectivity index is 1.90. The smallest absolute Gasteiger partial charge is 0.244 e. The number of sulfonamides is 1. The average molecular weight is 561 g/mol. The first-order valence-corrected chi connectivity index (χ1v) is 14.2. The molecule has 2 aromatic carbocycles. The van der Waals surface area contributed by atoms with E-state index >= 15 is 0 Å². The molecule has 0 saturated heterocycles. The van der Waals surface area contributed by atoms with Gasteiger partial charge < -0.3 is 10.2 Å². The molecule has 7 nitrogen and oxygen atoms in total. The number of carbonyl (C=O) groups is 2. The quantitative estimate of drug-likeness (QED) is 0.473. The molecule has 0 aromatic heterocycles. The van der Waals surface area contributed by atoms with Crippen LogP contribution >= 0.6 is 34.8 Å². The maximum atomic E-state index is 13.6. The highest BCUT2D eigenvalue weighted by Gasteiger charge is 2.32. The van der Waals surface area contributed by atoms with Crippen LogP contribution in [0.2, 0.25) is 15.1 Å². The van der Waals surface area contributed by atoms with Crippen molar-refractivity contribution in [2.24, 2.45) is 0 Å². The zero-order valence-electron chi connectivity index (χ0n) is 19.5. The van der Waals surface area contributed by atoms with Crippen molar-refractivity contribution in [2.75, 3.05) is 17.1 Å². The summed E-state index contributed by atoms with van der Waals surface area (Å²) in [6.45, 7) is 1.14. The molecule has 190 valence electrons. The molecular weight excluding hydrogens is 533 g/mol. The summed E-state index contributed by atoms with van der Waals surface area (Å²) in [5, 5.41) is 3.88. The minimum Gasteiger partial charge on any atom is -0.352 e. The standard InChI is InChI=1S/C24H28Cl3N3O4S/c1-16(24(32)28-18-7-3-4-8-18)29(14-17-11-12-19(25)21(27)13-17)23(31)15-30(35(2,33)34)22-10-6-5-9-20(22)26/h5-6,9-13,16,18H,3-4,7-8,14-15H2,1-2H3,(H,28,32). The normalized spacial score (nSPS) is 15.0. The molecule has 0 bridgehead atoms. The molecular formula is C24H28Cl3N3O4S. The predicted octanol–water partition coefficient (Wildman–Crippen LogP) is 4.89. The lowest BCUT2D eigenvalue weighted by Crippen LogP contribution is -2.52. The lowest BCUT2D eigenvalue weighted by atomic mass is 10.1. The van der Waals surface area contributed by atoms with Gasteiger partial charge in [0.25, 0.3) is 0 Å². The molecule has 1 unspecified atom stereocenters. The van der Waals surface area contributed by atoms with E-state index in [1.54, 1.807) is 43.3 Å². The molecule has 0 spiro atoms. The van der Waals surface area contributed by atoms with E-state index in [9.17, 15) is 18.0 Å². The Kier molecular flexibility index (Phi) is 9.32. The van der Waals surface area contributed by atoms with Crippen LogP contribution in [0.3, 0.4) is 0 Å². The Morgan fingerprint density at radius 1 is 1.03 bits per heavy atom. The van der Waals surface area contributed by atoms with Crippen LogP contribution in [0.15, 0.2) is 42.5 Å². The number of rotatable bonds is 9. The highest BCUT2D eigenvalue weighted by Crippen LogP contribution is 2.28. The zero-order chi connectivity index (χ0) is 25.8. The minimum absolute atomic E-state index is 0.0368. The second-order valence-electron chi connectivity index (χ2n) is 8.66. The Morgan fingerprint density at radius 2 is 1.69 bits per heavy atom. The minimum atomic E-state index is -3.86. The van der Waals surface area contributed by atoms with Crippen molar-refractivity contribution in [1.29, 1.82) is 0 Å². The topological polar surface area (TPSA) is 86.8 Å². The number of para-hydroxylation sites is 1. The van der Waals surface area contributed by atoms with Crippen LogP contribution in [0, 0.1) is 0 Å². The Morgan fingerprint density at radius 3 is 2.29 bits per heavy atom. The maximum Gasteiger partial charge on any atom is 0.244 e. The maximum absolute atomic E-state index is 13.6. The summed E-state index contributed by atoms with van der Waals surface area (Å²) in [6.07, 6.45) is 4.89. The predicted molar refractivity (Wildman–Crippen MR) is 141 cm³/mol. The van der Waals surface area contributed by atoms with Crippen molar-refractivity contribution in [3.05, 3.63) is 63.1 Å². The van der Waals surface area contributed by atoms with E-state index in [0.717, 1.165) is 36.2 Å². The van der Waals surface area contributed by atoms with Gasteiger partial charge in [0.15, 0.2) is 0 Å². The first-order chi connectivity index (χ1) is 16.5. The number of halogens is 3. The van der Waals surface area contributed by atoms with E-state index in [1.165, 1.54) is 11.0 Å². The molecule has 2 aromatic rings. The van der Waals surface area contributed by atoms with Crippen LogP contribution in [-0.4, -0.2) is 50.0 Å². The first-order valence-electron chi connectivity index (χ1n) is 11.2. The number of anilines is 1. The van der Waals surface area contributed by atoms with Gasteiger partial charge in [-0.25, -0.2) is 8.42 Å². The molecule has 0 radical (unpaired) electrons. The molecule has 1 N–H and O–H groups in total. The van der Waals surface area contributed by atoms with Gasteiger partial charge in [-0.2, -0.15) is 0 Å². The molecule has 0 heterocycles. The lowest BCUT2D eigenvalue weighted by Gasteiger charge is -2.32. The number of hydrogen-bond donors (Lipinski definition) is 1. The molecule has 35 heavy (non-hydrogen) atoms. The van der Waals surface area contributed by atoms with Crippen LogP contribution in [0.25, 0.3) is 0 Å². The van der Waals surface area contributed by atoms with Crippen LogP contribution in [0.5, 0.6) is 0 Å². The van der Waals surface area contributed by atoms with E-state index in [1.807, 2.05) is 0 Å². The van der Waals surface area contributed by atoms with E-state index in [-0.39, 0.29) is 29.2 Å². The molecule has 2 amide bonds. The van der Waals surface area contributed by atoms with E-state index in [0.29, 0.717) is 15.6 Å².